The third kappa shape index (κ3) is 1.84. The van der Waals surface area contributed by atoms with Crippen LogP contribution in [0.15, 0.2) is 33.6 Å². The minimum absolute atomic E-state index is 0.196. The standard InChI is InChI=1S/C9H10N2OS/c10-6-12-9-5-7-3-1-2-4-8(7)13-11-9/h1-4H,5-6,10H2. The van der Waals surface area contributed by atoms with Gasteiger partial charge in [0.2, 0.25) is 5.90 Å². The van der Waals surface area contributed by atoms with Gasteiger partial charge in [0.15, 0.2) is 0 Å². The highest BCUT2D eigenvalue weighted by atomic mass is 32.2. The summed E-state index contributed by atoms with van der Waals surface area (Å²) < 4.78 is 9.34. The summed E-state index contributed by atoms with van der Waals surface area (Å²) in [6.07, 6.45) is 0.750. The molecular weight excluding hydrogens is 184 g/mol. The Balaban J connectivity index is 2.18. The number of nitrogens with two attached hydrogens (primary N) is 1. The van der Waals surface area contributed by atoms with Crippen molar-refractivity contribution in [1.29, 1.82) is 0 Å². The maximum atomic E-state index is 5.27. The van der Waals surface area contributed by atoms with E-state index in [1.54, 1.807) is 0 Å². The molecule has 0 fully saturated rings. The van der Waals surface area contributed by atoms with Crippen molar-refractivity contribution >= 4 is 17.8 Å². The number of hydrogen-bond acceptors (Lipinski definition) is 4. The molecule has 4 heteroatoms. The van der Waals surface area contributed by atoms with Crippen molar-refractivity contribution in [1.82, 2.24) is 0 Å². The minimum Gasteiger partial charge on any atom is -0.464 e. The van der Waals surface area contributed by atoms with E-state index < -0.39 is 0 Å². The van der Waals surface area contributed by atoms with E-state index >= 15 is 0 Å². The average Bonchev–Trinajstić information content (AvgIpc) is 2.18. The van der Waals surface area contributed by atoms with Gasteiger partial charge in [0, 0.05) is 16.8 Å². The van der Waals surface area contributed by atoms with Gasteiger partial charge in [-0.15, -0.1) is 0 Å². The van der Waals surface area contributed by atoms with Crippen molar-refractivity contribution < 1.29 is 4.74 Å². The molecule has 3 nitrogen and oxygen atoms in total. The molecule has 0 spiro atoms. The van der Waals surface area contributed by atoms with Crippen LogP contribution in [-0.2, 0) is 11.2 Å². The van der Waals surface area contributed by atoms with E-state index in [4.69, 9.17) is 10.5 Å². The van der Waals surface area contributed by atoms with Crippen LogP contribution < -0.4 is 5.73 Å². The molecule has 2 N–H and O–H groups in total. The Kier molecular flexibility index (Phi) is 2.52. The van der Waals surface area contributed by atoms with Crippen LogP contribution in [0.4, 0.5) is 0 Å². The molecule has 0 saturated carbocycles. The van der Waals surface area contributed by atoms with Crippen LogP contribution in [0.25, 0.3) is 0 Å². The minimum atomic E-state index is 0.196. The molecular formula is C9H10N2OS. The summed E-state index contributed by atoms with van der Waals surface area (Å²) in [5, 5.41) is 0. The monoisotopic (exact) mass is 194 g/mol. The number of fused-ring (bicyclic) bond motifs is 1. The Morgan fingerprint density at radius 2 is 2.31 bits per heavy atom. The fourth-order valence-corrected chi connectivity index (χ4v) is 1.92. The van der Waals surface area contributed by atoms with Gasteiger partial charge in [-0.3, -0.25) is 5.73 Å². The zero-order chi connectivity index (χ0) is 9.10. The second kappa shape index (κ2) is 3.81. The van der Waals surface area contributed by atoms with Crippen molar-refractivity contribution in [3.05, 3.63) is 29.8 Å². The lowest BCUT2D eigenvalue weighted by atomic mass is 10.1. The van der Waals surface area contributed by atoms with E-state index in [1.165, 1.54) is 22.4 Å². The highest BCUT2D eigenvalue weighted by Crippen LogP contribution is 2.28. The molecule has 1 aliphatic rings. The number of ether oxygens (including phenoxy) is 1. The third-order valence-electron chi connectivity index (χ3n) is 1.81. The molecule has 1 heterocycles. The molecule has 68 valence electrons. The SMILES string of the molecule is NCOC1=NSc2ccccc2C1. The maximum absolute atomic E-state index is 5.27. The van der Waals surface area contributed by atoms with Crippen molar-refractivity contribution in [3.8, 4) is 0 Å². The first kappa shape index (κ1) is 8.59. The van der Waals surface area contributed by atoms with Gasteiger partial charge in [0.25, 0.3) is 0 Å². The fourth-order valence-electron chi connectivity index (χ4n) is 1.21. The molecule has 1 aliphatic heterocycles. The van der Waals surface area contributed by atoms with Gasteiger partial charge in [0.05, 0.1) is 6.42 Å². The van der Waals surface area contributed by atoms with Gasteiger partial charge in [-0.2, -0.15) is 4.40 Å². The van der Waals surface area contributed by atoms with Gasteiger partial charge in [-0.05, 0) is 11.6 Å². The van der Waals surface area contributed by atoms with E-state index in [0.717, 1.165) is 6.42 Å². The molecule has 0 radical (unpaired) electrons. The first-order chi connectivity index (χ1) is 6.40. The van der Waals surface area contributed by atoms with Crippen LogP contribution in [0.5, 0.6) is 0 Å². The molecule has 2 rings (SSSR count). The summed E-state index contributed by atoms with van der Waals surface area (Å²) >= 11 is 1.44. The van der Waals surface area contributed by atoms with Crippen LogP contribution in [0.3, 0.4) is 0 Å². The first-order valence-electron chi connectivity index (χ1n) is 4.05. The quantitative estimate of drug-likeness (QED) is 0.545. The van der Waals surface area contributed by atoms with Crippen LogP contribution in [-0.4, -0.2) is 12.6 Å². The summed E-state index contributed by atoms with van der Waals surface area (Å²) in [6, 6.07) is 8.17. The van der Waals surface area contributed by atoms with Gasteiger partial charge < -0.3 is 4.74 Å². The van der Waals surface area contributed by atoms with Crippen LogP contribution >= 0.6 is 11.9 Å². The van der Waals surface area contributed by atoms with Gasteiger partial charge >= 0.3 is 0 Å². The van der Waals surface area contributed by atoms with E-state index in [1.807, 2.05) is 12.1 Å². The predicted octanol–water partition coefficient (Wildman–Crippen LogP) is 1.58. The van der Waals surface area contributed by atoms with Crippen molar-refractivity contribution in [2.24, 2.45) is 10.1 Å². The Bertz CT molecular complexity index is 338. The Morgan fingerprint density at radius 3 is 3.15 bits per heavy atom. The lowest BCUT2D eigenvalue weighted by molar-refractivity contribution is 0.310. The van der Waals surface area contributed by atoms with Crippen molar-refractivity contribution in [2.45, 2.75) is 11.3 Å². The Morgan fingerprint density at radius 1 is 1.46 bits per heavy atom. The van der Waals surface area contributed by atoms with E-state index in [2.05, 4.69) is 16.5 Å². The van der Waals surface area contributed by atoms with Gasteiger partial charge in [-0.1, -0.05) is 18.2 Å². The maximum Gasteiger partial charge on any atom is 0.201 e. The van der Waals surface area contributed by atoms with Crippen LogP contribution in [0.1, 0.15) is 5.56 Å². The average molecular weight is 194 g/mol. The largest absolute Gasteiger partial charge is 0.464 e. The molecule has 0 bridgehead atoms. The fraction of sp³-hybridized carbons (Fsp3) is 0.222. The van der Waals surface area contributed by atoms with Gasteiger partial charge in [0.1, 0.15) is 6.73 Å². The number of hydrogen-bond donors (Lipinski definition) is 1. The number of rotatable bonds is 1. The summed E-state index contributed by atoms with van der Waals surface area (Å²) in [7, 11) is 0. The Labute approximate surface area is 81.1 Å². The summed E-state index contributed by atoms with van der Waals surface area (Å²) in [5.74, 6) is 0.714. The normalized spacial score (nSPS) is 14.7. The zero-order valence-corrected chi connectivity index (χ0v) is 7.88. The van der Waals surface area contributed by atoms with E-state index in [9.17, 15) is 0 Å². The molecule has 1 aromatic rings. The smallest absolute Gasteiger partial charge is 0.201 e. The van der Waals surface area contributed by atoms with E-state index in [-0.39, 0.29) is 6.73 Å². The second-order valence-electron chi connectivity index (χ2n) is 2.67. The molecule has 0 aliphatic carbocycles. The summed E-state index contributed by atoms with van der Waals surface area (Å²) in [4.78, 5) is 1.20. The summed E-state index contributed by atoms with van der Waals surface area (Å²) in [6.45, 7) is 0.196. The lowest BCUT2D eigenvalue weighted by Gasteiger charge is -2.14. The third-order valence-corrected chi connectivity index (χ3v) is 2.70. The molecule has 0 amide bonds. The zero-order valence-electron chi connectivity index (χ0n) is 7.06. The number of benzene rings is 1. The topological polar surface area (TPSA) is 47.6 Å². The molecule has 1 aromatic carbocycles. The molecule has 13 heavy (non-hydrogen) atoms. The highest BCUT2D eigenvalue weighted by Gasteiger charge is 2.12. The van der Waals surface area contributed by atoms with Crippen LogP contribution in [0, 0.1) is 0 Å². The molecule has 0 unspecified atom stereocenters. The summed E-state index contributed by atoms with van der Waals surface area (Å²) in [5.41, 5.74) is 6.52. The second-order valence-corrected chi connectivity index (χ2v) is 3.48. The first-order valence-corrected chi connectivity index (χ1v) is 4.82. The number of nitrogens with zero attached hydrogens (tertiary/aromatic N) is 1. The molecule has 0 aromatic heterocycles. The van der Waals surface area contributed by atoms with Crippen molar-refractivity contribution in [2.75, 3.05) is 6.73 Å². The van der Waals surface area contributed by atoms with Crippen LogP contribution in [0.2, 0.25) is 0 Å². The lowest BCUT2D eigenvalue weighted by Crippen LogP contribution is -2.16. The molecule has 0 atom stereocenters. The van der Waals surface area contributed by atoms with Gasteiger partial charge in [-0.25, -0.2) is 0 Å². The van der Waals surface area contributed by atoms with Crippen molar-refractivity contribution in [3.63, 3.8) is 0 Å². The Hall–Kier alpha value is -1.00. The predicted molar refractivity (Wildman–Crippen MR) is 53.6 cm³/mol. The molecule has 0 saturated heterocycles. The van der Waals surface area contributed by atoms with E-state index in [0.29, 0.717) is 5.90 Å². The highest BCUT2D eigenvalue weighted by molar-refractivity contribution is 7.98.